The Morgan fingerprint density at radius 1 is 1.29 bits per heavy atom. The molecule has 2 atom stereocenters. The molecule has 2 rings (SSSR count). The molecule has 3 heteroatoms. The Morgan fingerprint density at radius 3 is 3.00 bits per heavy atom. The van der Waals surface area contributed by atoms with E-state index in [1.54, 1.807) is 0 Å². The van der Waals surface area contributed by atoms with Crippen LogP contribution >= 0.6 is 0 Å². The van der Waals surface area contributed by atoms with Crippen LogP contribution in [0.1, 0.15) is 39.0 Å². The van der Waals surface area contributed by atoms with Crippen molar-refractivity contribution in [3.8, 4) is 0 Å². The van der Waals surface area contributed by atoms with Gasteiger partial charge in [-0.15, -0.1) is 0 Å². The molecule has 2 heterocycles. The summed E-state index contributed by atoms with van der Waals surface area (Å²) in [7, 11) is 0. The van der Waals surface area contributed by atoms with Crippen LogP contribution in [0.5, 0.6) is 0 Å². The molecule has 2 fully saturated rings. The van der Waals surface area contributed by atoms with Crippen molar-refractivity contribution in [3.05, 3.63) is 0 Å². The van der Waals surface area contributed by atoms with Gasteiger partial charge in [0.1, 0.15) is 0 Å². The van der Waals surface area contributed by atoms with Gasteiger partial charge in [-0.2, -0.15) is 0 Å². The molecule has 0 aromatic heterocycles. The van der Waals surface area contributed by atoms with E-state index in [2.05, 4.69) is 17.1 Å². The zero-order valence-electron chi connectivity index (χ0n) is 11.3. The number of hydrogen-bond acceptors (Lipinski definition) is 3. The second kappa shape index (κ2) is 7.34. The summed E-state index contributed by atoms with van der Waals surface area (Å²) < 4.78 is 5.75. The van der Waals surface area contributed by atoms with Crippen LogP contribution in [-0.2, 0) is 4.74 Å². The topological polar surface area (TPSA) is 24.5 Å². The summed E-state index contributed by atoms with van der Waals surface area (Å²) in [5, 5.41) is 3.41. The number of nitrogens with one attached hydrogen (secondary N) is 1. The molecule has 17 heavy (non-hydrogen) atoms. The second-order valence-corrected chi connectivity index (χ2v) is 5.53. The minimum absolute atomic E-state index is 0.453. The van der Waals surface area contributed by atoms with Crippen LogP contribution in [0.25, 0.3) is 0 Å². The fourth-order valence-electron chi connectivity index (χ4n) is 2.99. The number of morpholine rings is 1. The highest BCUT2D eigenvalue weighted by Gasteiger charge is 2.18. The van der Waals surface area contributed by atoms with E-state index in [1.165, 1.54) is 51.7 Å². The Bertz CT molecular complexity index is 204. The molecule has 0 aromatic carbocycles. The lowest BCUT2D eigenvalue weighted by Crippen LogP contribution is -2.40. The molecule has 3 nitrogen and oxygen atoms in total. The molecule has 0 amide bonds. The van der Waals surface area contributed by atoms with Crippen molar-refractivity contribution >= 4 is 0 Å². The average molecular weight is 240 g/mol. The Labute approximate surface area is 106 Å². The van der Waals surface area contributed by atoms with Gasteiger partial charge in [0.2, 0.25) is 0 Å². The maximum Gasteiger partial charge on any atom is 0.0712 e. The van der Waals surface area contributed by atoms with Gasteiger partial charge in [-0.25, -0.2) is 0 Å². The van der Waals surface area contributed by atoms with Gasteiger partial charge in [-0.3, -0.25) is 0 Å². The van der Waals surface area contributed by atoms with Crippen molar-refractivity contribution in [2.24, 2.45) is 5.92 Å². The zero-order valence-corrected chi connectivity index (χ0v) is 11.3. The Kier molecular flexibility index (Phi) is 5.75. The summed E-state index contributed by atoms with van der Waals surface area (Å²) in [5.74, 6) is 0.979. The molecular formula is C14H28N2O. The number of rotatable bonds is 4. The van der Waals surface area contributed by atoms with E-state index in [-0.39, 0.29) is 0 Å². The van der Waals surface area contributed by atoms with Gasteiger partial charge in [0.25, 0.3) is 0 Å². The second-order valence-electron chi connectivity index (χ2n) is 5.53. The van der Waals surface area contributed by atoms with Crippen molar-refractivity contribution in [3.63, 3.8) is 0 Å². The number of ether oxygens (including phenoxy) is 1. The molecule has 0 radical (unpaired) electrons. The van der Waals surface area contributed by atoms with Crippen molar-refractivity contribution in [2.75, 3.05) is 39.3 Å². The predicted molar refractivity (Wildman–Crippen MR) is 71.3 cm³/mol. The van der Waals surface area contributed by atoms with Gasteiger partial charge in [-0.05, 0) is 44.7 Å². The Morgan fingerprint density at radius 2 is 2.24 bits per heavy atom. The highest BCUT2D eigenvalue weighted by Crippen LogP contribution is 2.20. The number of likely N-dealkylation sites (tertiary alicyclic amines) is 1. The van der Waals surface area contributed by atoms with E-state index in [4.69, 9.17) is 4.74 Å². The summed E-state index contributed by atoms with van der Waals surface area (Å²) in [6.45, 7) is 9.13. The van der Waals surface area contributed by atoms with Crippen LogP contribution in [0.4, 0.5) is 0 Å². The molecule has 100 valence electrons. The first-order valence-corrected chi connectivity index (χ1v) is 7.43. The van der Waals surface area contributed by atoms with E-state index < -0.39 is 0 Å². The maximum absolute atomic E-state index is 5.75. The van der Waals surface area contributed by atoms with Gasteiger partial charge in [0.05, 0.1) is 12.7 Å². The van der Waals surface area contributed by atoms with E-state index in [9.17, 15) is 0 Å². The number of nitrogens with zero attached hydrogens (tertiary/aromatic N) is 1. The van der Waals surface area contributed by atoms with E-state index in [1.807, 2.05) is 0 Å². The van der Waals surface area contributed by atoms with Gasteiger partial charge in [-0.1, -0.05) is 13.3 Å². The first kappa shape index (κ1) is 13.3. The van der Waals surface area contributed by atoms with Crippen molar-refractivity contribution < 1.29 is 4.74 Å². The van der Waals surface area contributed by atoms with Gasteiger partial charge in [0.15, 0.2) is 0 Å². The summed E-state index contributed by atoms with van der Waals surface area (Å²) in [6, 6.07) is 0. The summed E-state index contributed by atoms with van der Waals surface area (Å²) >= 11 is 0. The minimum atomic E-state index is 0.453. The van der Waals surface area contributed by atoms with Crippen LogP contribution < -0.4 is 5.32 Å². The predicted octanol–water partition coefficient (Wildman–Crippen LogP) is 1.88. The normalized spacial score (nSPS) is 32.3. The highest BCUT2D eigenvalue weighted by atomic mass is 16.5. The first-order chi connectivity index (χ1) is 8.38. The molecule has 2 aliphatic rings. The third-order valence-corrected chi connectivity index (χ3v) is 4.29. The molecule has 0 saturated carbocycles. The molecular weight excluding hydrogens is 212 g/mol. The largest absolute Gasteiger partial charge is 0.376 e. The first-order valence-electron chi connectivity index (χ1n) is 7.43. The molecule has 1 N–H and O–H groups in total. The Hall–Kier alpha value is -0.120. The Balaban J connectivity index is 1.64. The van der Waals surface area contributed by atoms with Crippen molar-refractivity contribution in [2.45, 2.75) is 45.1 Å². The molecule has 0 bridgehead atoms. The average Bonchev–Trinajstić information content (AvgIpc) is 2.62. The molecule has 0 aliphatic carbocycles. The lowest BCUT2D eigenvalue weighted by atomic mass is 9.98. The molecule has 2 saturated heterocycles. The van der Waals surface area contributed by atoms with Crippen molar-refractivity contribution in [1.82, 2.24) is 10.2 Å². The fraction of sp³-hybridized carbons (Fsp3) is 1.00. The standard InChI is InChI=1S/C14H28N2O/c1-2-13-4-3-8-16(9-5-13)10-6-14-12-15-7-11-17-14/h13-15H,2-12H2,1H3. The monoisotopic (exact) mass is 240 g/mol. The van der Waals surface area contributed by atoms with Crippen molar-refractivity contribution in [1.29, 1.82) is 0 Å². The molecule has 2 unspecified atom stereocenters. The lowest BCUT2D eigenvalue weighted by Gasteiger charge is -2.27. The highest BCUT2D eigenvalue weighted by molar-refractivity contribution is 4.73. The number of hydrogen-bond donors (Lipinski definition) is 1. The van der Waals surface area contributed by atoms with E-state index >= 15 is 0 Å². The van der Waals surface area contributed by atoms with Gasteiger partial charge >= 0.3 is 0 Å². The lowest BCUT2D eigenvalue weighted by molar-refractivity contribution is 0.0175. The maximum atomic E-state index is 5.75. The van der Waals surface area contributed by atoms with Crippen LogP contribution in [0, 0.1) is 5.92 Å². The summed E-state index contributed by atoms with van der Waals surface area (Å²) in [6.07, 6.45) is 7.25. The smallest absolute Gasteiger partial charge is 0.0712 e. The quantitative estimate of drug-likeness (QED) is 0.812. The molecule has 2 aliphatic heterocycles. The zero-order chi connectivity index (χ0) is 11.9. The van der Waals surface area contributed by atoms with Gasteiger partial charge in [0, 0.05) is 19.6 Å². The molecule has 0 spiro atoms. The van der Waals surface area contributed by atoms with E-state index in [0.29, 0.717) is 6.10 Å². The van der Waals surface area contributed by atoms with Crippen LogP contribution in [-0.4, -0.2) is 50.3 Å². The van der Waals surface area contributed by atoms with Crippen LogP contribution in [0.3, 0.4) is 0 Å². The molecule has 0 aromatic rings. The summed E-state index contributed by atoms with van der Waals surface area (Å²) in [5.41, 5.74) is 0. The van der Waals surface area contributed by atoms with Crippen LogP contribution in [0.15, 0.2) is 0 Å². The third kappa shape index (κ3) is 4.57. The fourth-order valence-corrected chi connectivity index (χ4v) is 2.99. The minimum Gasteiger partial charge on any atom is -0.376 e. The van der Waals surface area contributed by atoms with E-state index in [0.717, 1.165) is 25.6 Å². The SMILES string of the molecule is CCC1CCCN(CCC2CNCCO2)CC1. The summed E-state index contributed by atoms with van der Waals surface area (Å²) in [4.78, 5) is 2.65. The van der Waals surface area contributed by atoms with Gasteiger partial charge < -0.3 is 15.0 Å². The third-order valence-electron chi connectivity index (χ3n) is 4.29. The van der Waals surface area contributed by atoms with Crippen LogP contribution in [0.2, 0.25) is 0 Å².